The van der Waals surface area contributed by atoms with Crippen LogP contribution >= 0.6 is 0 Å². The molecular weight excluding hydrogens is 230 g/mol. The molecule has 0 radical (unpaired) electrons. The zero-order chi connectivity index (χ0) is 13.0. The van der Waals surface area contributed by atoms with Crippen molar-refractivity contribution in [2.75, 3.05) is 13.1 Å². The maximum atomic E-state index is 12.2. The Hall–Kier alpha value is -1.81. The summed E-state index contributed by atoms with van der Waals surface area (Å²) in [7, 11) is 0. The Kier molecular flexibility index (Phi) is 3.99. The lowest BCUT2D eigenvalue weighted by Gasteiger charge is -2.12. The van der Waals surface area contributed by atoms with Crippen molar-refractivity contribution < 1.29 is 9.58 Å². The zero-order valence-corrected chi connectivity index (χ0v) is 10.6. The summed E-state index contributed by atoms with van der Waals surface area (Å²) in [4.78, 5) is 25.3. The number of aliphatic imine (C=N–C) groups is 2. The minimum Gasteiger partial charge on any atom is -0.497 e. The molecule has 0 aromatic heterocycles. The molecule has 0 saturated carbocycles. The molecule has 0 bridgehead atoms. The first kappa shape index (κ1) is 12.6. The first-order chi connectivity index (χ1) is 8.76. The molecule has 96 valence electrons. The van der Waals surface area contributed by atoms with Crippen LogP contribution in [0, 0.1) is 0 Å². The van der Waals surface area contributed by atoms with E-state index < -0.39 is 0 Å². The highest BCUT2D eigenvalue weighted by atomic mass is 16.2. The van der Waals surface area contributed by atoms with Crippen LogP contribution in [0.2, 0.25) is 0 Å². The van der Waals surface area contributed by atoms with Gasteiger partial charge in [-0.3, -0.25) is 4.79 Å². The number of carbonyl (C=O) groups is 1. The van der Waals surface area contributed by atoms with E-state index in [0.29, 0.717) is 12.3 Å². The van der Waals surface area contributed by atoms with Gasteiger partial charge in [0, 0.05) is 19.5 Å². The van der Waals surface area contributed by atoms with Crippen molar-refractivity contribution in [2.45, 2.75) is 39.0 Å². The molecule has 1 fully saturated rings. The number of carbonyl (C=O) groups excluding carboxylic acids is 1. The second kappa shape index (κ2) is 5.69. The summed E-state index contributed by atoms with van der Waals surface area (Å²) in [6, 6.07) is 0. The summed E-state index contributed by atoms with van der Waals surface area (Å²) >= 11 is 0. The van der Waals surface area contributed by atoms with Crippen molar-refractivity contribution >= 4 is 23.3 Å². The number of hydrogen-bond donors (Lipinski definition) is 0. The number of hydrogen-bond acceptors (Lipinski definition) is 2. The van der Waals surface area contributed by atoms with E-state index in [4.69, 9.17) is 5.53 Å². The fourth-order valence-electron chi connectivity index (χ4n) is 2.11. The number of nitrogens with zero attached hydrogens (tertiary/aromatic N) is 5. The van der Waals surface area contributed by atoms with Crippen molar-refractivity contribution in [1.29, 1.82) is 0 Å². The van der Waals surface area contributed by atoms with E-state index in [-0.39, 0.29) is 17.5 Å². The van der Waals surface area contributed by atoms with Crippen LogP contribution in [0.25, 0.3) is 5.53 Å². The molecule has 2 heterocycles. The molecule has 0 aliphatic carbocycles. The normalized spacial score (nSPS) is 18.7. The van der Waals surface area contributed by atoms with E-state index in [1.54, 1.807) is 4.90 Å². The molecule has 18 heavy (non-hydrogen) atoms. The topological polar surface area (TPSA) is 81.4 Å². The van der Waals surface area contributed by atoms with Crippen LogP contribution in [0.15, 0.2) is 9.98 Å². The Morgan fingerprint density at radius 1 is 1.39 bits per heavy atom. The summed E-state index contributed by atoms with van der Waals surface area (Å²) in [5.41, 5.74) is 9.09. The molecule has 1 saturated heterocycles. The molecule has 6 heteroatoms. The number of amides is 1. The standard InChI is InChI=1S/C12H17N5O/c1-2-3-6-9-14-10(11(15-9)16-13)12(18)17-7-4-5-8-17/h2-8H2,1H3. The van der Waals surface area contributed by atoms with Crippen LogP contribution in [0.5, 0.6) is 0 Å². The minimum atomic E-state index is -0.171. The third kappa shape index (κ3) is 2.54. The van der Waals surface area contributed by atoms with E-state index in [1.165, 1.54) is 0 Å². The van der Waals surface area contributed by atoms with Crippen LogP contribution < -0.4 is 0 Å². The molecule has 0 unspecified atom stereocenters. The number of likely N-dealkylation sites (tertiary alicyclic amines) is 1. The molecule has 0 atom stereocenters. The third-order valence-corrected chi connectivity index (χ3v) is 3.13. The molecule has 0 aromatic carbocycles. The van der Waals surface area contributed by atoms with Gasteiger partial charge < -0.3 is 15.2 Å². The number of amidine groups is 2. The van der Waals surface area contributed by atoms with Crippen LogP contribution in [0.3, 0.4) is 0 Å². The largest absolute Gasteiger partial charge is 0.497 e. The second-order valence-electron chi connectivity index (χ2n) is 4.51. The van der Waals surface area contributed by atoms with E-state index >= 15 is 0 Å². The van der Waals surface area contributed by atoms with Crippen LogP contribution in [-0.4, -0.2) is 46.1 Å². The lowest BCUT2D eigenvalue weighted by Crippen LogP contribution is -2.37. The molecule has 1 amide bonds. The van der Waals surface area contributed by atoms with Gasteiger partial charge in [-0.1, -0.05) is 13.3 Å². The highest BCUT2D eigenvalue weighted by molar-refractivity contribution is 6.68. The Bertz CT molecular complexity index is 453. The lowest BCUT2D eigenvalue weighted by molar-refractivity contribution is -0.123. The molecule has 0 spiro atoms. The van der Waals surface area contributed by atoms with Gasteiger partial charge in [-0.2, -0.15) is 4.99 Å². The molecule has 0 aromatic rings. The summed E-state index contributed by atoms with van der Waals surface area (Å²) in [6.07, 6.45) is 4.76. The van der Waals surface area contributed by atoms with Gasteiger partial charge >= 0.3 is 5.84 Å². The summed E-state index contributed by atoms with van der Waals surface area (Å²) in [6.45, 7) is 3.58. The van der Waals surface area contributed by atoms with Gasteiger partial charge in [-0.25, -0.2) is 0 Å². The van der Waals surface area contributed by atoms with Crippen LogP contribution in [-0.2, 0) is 4.79 Å². The van der Waals surface area contributed by atoms with E-state index in [9.17, 15) is 4.79 Å². The van der Waals surface area contributed by atoms with Crippen molar-refractivity contribution in [1.82, 2.24) is 4.90 Å². The van der Waals surface area contributed by atoms with Gasteiger partial charge in [-0.15, -0.1) is 0 Å². The predicted octanol–water partition coefficient (Wildman–Crippen LogP) is 1.28. The van der Waals surface area contributed by atoms with Crippen molar-refractivity contribution in [2.24, 2.45) is 9.98 Å². The first-order valence-electron chi connectivity index (χ1n) is 6.44. The SMILES string of the molecule is CCCCC1=NC(=[N+]=[N-])C(C(=O)N2CCCC2)=N1. The fourth-order valence-corrected chi connectivity index (χ4v) is 2.11. The molecule has 2 aliphatic heterocycles. The van der Waals surface area contributed by atoms with Gasteiger partial charge in [0.1, 0.15) is 0 Å². The highest BCUT2D eigenvalue weighted by Crippen LogP contribution is 2.12. The first-order valence-corrected chi connectivity index (χ1v) is 6.44. The monoisotopic (exact) mass is 247 g/mol. The second-order valence-corrected chi connectivity index (χ2v) is 4.51. The van der Waals surface area contributed by atoms with Crippen LogP contribution in [0.1, 0.15) is 39.0 Å². The zero-order valence-electron chi connectivity index (χ0n) is 10.6. The predicted molar refractivity (Wildman–Crippen MR) is 68.8 cm³/mol. The summed E-state index contributed by atoms with van der Waals surface area (Å²) in [5, 5.41) is 0. The molecular formula is C12H17N5O. The van der Waals surface area contributed by atoms with E-state index in [2.05, 4.69) is 21.7 Å². The Labute approximate surface area is 106 Å². The van der Waals surface area contributed by atoms with Crippen molar-refractivity contribution in [3.8, 4) is 0 Å². The maximum Gasteiger partial charge on any atom is 0.434 e. The molecule has 2 rings (SSSR count). The van der Waals surface area contributed by atoms with Crippen molar-refractivity contribution in [3.05, 3.63) is 5.53 Å². The average Bonchev–Trinajstić information content (AvgIpc) is 3.04. The Morgan fingerprint density at radius 2 is 2.11 bits per heavy atom. The quantitative estimate of drug-likeness (QED) is 0.544. The van der Waals surface area contributed by atoms with Gasteiger partial charge in [0.05, 0.1) is 0 Å². The van der Waals surface area contributed by atoms with Gasteiger partial charge in [0.25, 0.3) is 5.91 Å². The summed E-state index contributed by atoms with van der Waals surface area (Å²) in [5.74, 6) is 0.473. The number of rotatable bonds is 4. The van der Waals surface area contributed by atoms with E-state index in [1.807, 2.05) is 0 Å². The average molecular weight is 247 g/mol. The smallest absolute Gasteiger partial charge is 0.434 e. The van der Waals surface area contributed by atoms with Gasteiger partial charge in [0.15, 0.2) is 0 Å². The molecule has 2 aliphatic rings. The lowest BCUT2D eigenvalue weighted by atomic mass is 10.2. The molecule has 6 nitrogen and oxygen atoms in total. The fraction of sp³-hybridized carbons (Fsp3) is 0.667. The summed E-state index contributed by atoms with van der Waals surface area (Å²) < 4.78 is 0. The van der Waals surface area contributed by atoms with Gasteiger partial charge in [-0.05, 0) is 24.3 Å². The van der Waals surface area contributed by atoms with Crippen molar-refractivity contribution in [3.63, 3.8) is 0 Å². The third-order valence-electron chi connectivity index (χ3n) is 3.13. The minimum absolute atomic E-state index is 0.0537. The van der Waals surface area contributed by atoms with Gasteiger partial charge in [0.2, 0.25) is 11.5 Å². The Balaban J connectivity index is 2.12. The molecule has 0 N–H and O–H groups in total. The van der Waals surface area contributed by atoms with E-state index in [0.717, 1.165) is 38.8 Å². The van der Waals surface area contributed by atoms with Crippen LogP contribution in [0.4, 0.5) is 0 Å². The highest BCUT2D eigenvalue weighted by Gasteiger charge is 2.36. The number of unbranched alkanes of at least 4 members (excludes halogenated alkanes) is 1. The Morgan fingerprint density at radius 3 is 2.72 bits per heavy atom. The maximum absolute atomic E-state index is 12.2.